The summed E-state index contributed by atoms with van der Waals surface area (Å²) in [5.41, 5.74) is -2.91. The van der Waals surface area contributed by atoms with Gasteiger partial charge >= 0.3 is 32.7 Å². The van der Waals surface area contributed by atoms with Crippen LogP contribution >= 0.6 is 0 Å². The summed E-state index contributed by atoms with van der Waals surface area (Å²) in [6, 6.07) is -0.524. The van der Waals surface area contributed by atoms with E-state index in [4.69, 9.17) is 14.4 Å². The van der Waals surface area contributed by atoms with Gasteiger partial charge in [-0.3, -0.25) is 28.8 Å². The summed E-state index contributed by atoms with van der Waals surface area (Å²) in [6.45, 7) is 2.45. The van der Waals surface area contributed by atoms with Crippen LogP contribution < -0.4 is 10.6 Å². The minimum Gasteiger partial charge on any atom is -0.481 e. The molecule has 0 aromatic rings. The third-order valence-corrected chi connectivity index (χ3v) is 6.78. The number of amides is 2. The van der Waals surface area contributed by atoms with E-state index in [0.717, 1.165) is 6.92 Å². The number of carbonyl (C=O) groups is 6. The van der Waals surface area contributed by atoms with Crippen LogP contribution in [-0.2, 0) is 28.8 Å². The fraction of sp³-hybridized carbons (Fsp3) is 0.700. The van der Waals surface area contributed by atoms with Crippen LogP contribution in [0.15, 0.2) is 0 Å². The number of unbranched alkanes of at least 4 members (excludes halogenated alkanes) is 1. The van der Waals surface area contributed by atoms with E-state index in [1.807, 2.05) is 0 Å². The van der Waals surface area contributed by atoms with E-state index >= 15 is 0 Å². The van der Waals surface area contributed by atoms with Crippen LogP contribution in [0, 0.1) is 23.2 Å². The first kappa shape index (κ1) is 32.9. The average Bonchev–Trinajstić information content (AvgIpc) is 2.74. The lowest BCUT2D eigenvalue weighted by molar-refractivity contribution is -0.177. The van der Waals surface area contributed by atoms with E-state index in [1.165, 1.54) is 0 Å². The molecule has 36 heavy (non-hydrogen) atoms. The van der Waals surface area contributed by atoms with Crippen LogP contribution in [-0.4, -0.2) is 92.4 Å². The molecule has 0 rings (SSSR count). The van der Waals surface area contributed by atoms with Gasteiger partial charge < -0.3 is 45.4 Å². The molecule has 0 aliphatic carbocycles. The van der Waals surface area contributed by atoms with Gasteiger partial charge in [-0.2, -0.15) is 0 Å². The largest absolute Gasteiger partial charge is 0.492 e. The van der Waals surface area contributed by atoms with Gasteiger partial charge in [0.15, 0.2) is 5.41 Å². The highest BCUT2D eigenvalue weighted by molar-refractivity contribution is 6.56. The van der Waals surface area contributed by atoms with Gasteiger partial charge in [0.25, 0.3) is 0 Å². The normalized spacial score (nSPS) is 15.6. The standard InChI is InChI=1S/C20H34N2O13Si/c1-3-5-7-21-15(25)13(11(16(26)27)10-12(23)24)14(17(28)29)20(4-2,19(31)32)18(30)22-8-6-9-36(33,34)35/h11,13-14,33-35H,3-10H2,1-2H3,(H,21,25)(H,22,30)(H,23,24)(H,26,27)(H,28,29)(H,31,32)/t11-,13?,14+,20-/m0/s1. The fourth-order valence-corrected chi connectivity index (χ4v) is 4.54. The highest BCUT2D eigenvalue weighted by atomic mass is 28.4. The Morgan fingerprint density at radius 2 is 1.39 bits per heavy atom. The zero-order chi connectivity index (χ0) is 28.3. The smallest absolute Gasteiger partial charge is 0.481 e. The average molecular weight is 539 g/mol. The van der Waals surface area contributed by atoms with Crippen molar-refractivity contribution in [2.45, 2.75) is 52.0 Å². The van der Waals surface area contributed by atoms with Crippen LogP contribution in [0.5, 0.6) is 0 Å². The van der Waals surface area contributed by atoms with Gasteiger partial charge in [0.2, 0.25) is 11.8 Å². The molecule has 1 unspecified atom stereocenters. The zero-order valence-corrected chi connectivity index (χ0v) is 21.0. The molecule has 2 amide bonds. The van der Waals surface area contributed by atoms with Gasteiger partial charge in [0.1, 0.15) is 0 Å². The fourth-order valence-electron chi connectivity index (χ4n) is 3.89. The number of carboxylic acids is 4. The van der Waals surface area contributed by atoms with E-state index in [1.54, 1.807) is 6.92 Å². The Labute approximate surface area is 207 Å². The lowest BCUT2D eigenvalue weighted by atomic mass is 9.63. The van der Waals surface area contributed by atoms with Crippen molar-refractivity contribution in [3.05, 3.63) is 0 Å². The first-order valence-electron chi connectivity index (χ1n) is 11.2. The molecular formula is C20H34N2O13Si. The quantitative estimate of drug-likeness (QED) is 0.0535. The lowest BCUT2D eigenvalue weighted by Gasteiger charge is -2.38. The van der Waals surface area contributed by atoms with Gasteiger partial charge in [0.05, 0.1) is 24.2 Å². The number of carboxylic acid groups (broad SMARTS) is 4. The second-order valence-electron chi connectivity index (χ2n) is 8.29. The summed E-state index contributed by atoms with van der Waals surface area (Å²) < 4.78 is 0. The van der Waals surface area contributed by atoms with Crippen molar-refractivity contribution in [1.82, 2.24) is 10.6 Å². The molecule has 9 N–H and O–H groups in total. The lowest BCUT2D eigenvalue weighted by Crippen LogP contribution is -2.59. The number of aliphatic carboxylic acids is 4. The Hall–Kier alpha value is -3.08. The molecule has 0 aromatic carbocycles. The Balaban J connectivity index is 6.67. The molecule has 0 heterocycles. The molecule has 0 aliphatic heterocycles. The van der Waals surface area contributed by atoms with Gasteiger partial charge in [-0.05, 0) is 19.3 Å². The number of rotatable bonds is 18. The van der Waals surface area contributed by atoms with Gasteiger partial charge in [-0.1, -0.05) is 20.3 Å². The molecule has 16 heteroatoms. The monoisotopic (exact) mass is 538 g/mol. The summed E-state index contributed by atoms with van der Waals surface area (Å²) in [4.78, 5) is 101. The topological polar surface area (TPSA) is 268 Å². The second kappa shape index (κ2) is 14.5. The van der Waals surface area contributed by atoms with E-state index in [0.29, 0.717) is 12.8 Å². The number of nitrogens with one attached hydrogen (secondary N) is 2. The third-order valence-electron chi connectivity index (χ3n) is 5.75. The molecular weight excluding hydrogens is 504 g/mol. The zero-order valence-electron chi connectivity index (χ0n) is 20.0. The maximum atomic E-state index is 13.1. The molecule has 15 nitrogen and oxygen atoms in total. The predicted octanol–water partition coefficient (Wildman–Crippen LogP) is -1.70. The number of carbonyl (C=O) groups excluding carboxylic acids is 2. The maximum Gasteiger partial charge on any atom is 0.492 e. The van der Waals surface area contributed by atoms with Crippen LogP contribution in [0.2, 0.25) is 6.04 Å². The molecule has 0 fully saturated rings. The molecule has 206 valence electrons. The Morgan fingerprint density at radius 3 is 1.78 bits per heavy atom. The molecule has 0 saturated heterocycles. The van der Waals surface area contributed by atoms with Crippen molar-refractivity contribution in [2.75, 3.05) is 13.1 Å². The van der Waals surface area contributed by atoms with Crippen molar-refractivity contribution in [2.24, 2.45) is 23.2 Å². The predicted molar refractivity (Wildman–Crippen MR) is 121 cm³/mol. The van der Waals surface area contributed by atoms with Crippen molar-refractivity contribution in [3.8, 4) is 0 Å². The highest BCUT2D eigenvalue weighted by Crippen LogP contribution is 2.42. The number of hydrogen-bond donors (Lipinski definition) is 9. The summed E-state index contributed by atoms with van der Waals surface area (Å²) in [7, 11) is -4.47. The van der Waals surface area contributed by atoms with E-state index < -0.39 is 93.1 Å². The van der Waals surface area contributed by atoms with Crippen LogP contribution in [0.4, 0.5) is 0 Å². The highest BCUT2D eigenvalue weighted by Gasteiger charge is 2.61. The van der Waals surface area contributed by atoms with Crippen molar-refractivity contribution >= 4 is 44.5 Å². The summed E-state index contributed by atoms with van der Waals surface area (Å²) in [5, 5.41) is 43.3. The van der Waals surface area contributed by atoms with Crippen LogP contribution in [0.25, 0.3) is 0 Å². The SMILES string of the molecule is CCCCNC(=O)C([C@H](CC(=O)O)C(=O)O)[C@H](C(=O)O)[C@](CC)(C(=O)O)C(=O)NCCC[Si](O)(O)O. The molecule has 0 radical (unpaired) electrons. The van der Waals surface area contributed by atoms with Crippen molar-refractivity contribution in [1.29, 1.82) is 0 Å². The van der Waals surface area contributed by atoms with E-state index in [2.05, 4.69) is 10.6 Å². The Bertz CT molecular complexity index is 829. The molecule has 4 atom stereocenters. The van der Waals surface area contributed by atoms with Gasteiger partial charge in [0, 0.05) is 19.1 Å². The summed E-state index contributed by atoms with van der Waals surface area (Å²) in [5.74, 6) is -17.1. The van der Waals surface area contributed by atoms with Crippen molar-refractivity contribution < 1.29 is 63.6 Å². The third kappa shape index (κ3) is 9.18. The maximum absolute atomic E-state index is 13.1. The second-order valence-corrected chi connectivity index (χ2v) is 10.3. The molecule has 0 aliphatic rings. The van der Waals surface area contributed by atoms with Crippen LogP contribution in [0.1, 0.15) is 46.0 Å². The molecule has 0 saturated carbocycles. The van der Waals surface area contributed by atoms with Crippen molar-refractivity contribution in [3.63, 3.8) is 0 Å². The molecule has 0 spiro atoms. The first-order valence-corrected chi connectivity index (χ1v) is 13.3. The van der Waals surface area contributed by atoms with Gasteiger partial charge in [-0.25, -0.2) is 0 Å². The van der Waals surface area contributed by atoms with E-state index in [9.17, 15) is 49.2 Å². The summed E-state index contributed by atoms with van der Waals surface area (Å²) >= 11 is 0. The number of hydrogen-bond acceptors (Lipinski definition) is 9. The van der Waals surface area contributed by atoms with Crippen LogP contribution in [0.3, 0.4) is 0 Å². The first-order chi connectivity index (χ1) is 16.6. The molecule has 0 aromatic heterocycles. The molecule has 0 bridgehead atoms. The Morgan fingerprint density at radius 1 is 0.833 bits per heavy atom. The van der Waals surface area contributed by atoms with Gasteiger partial charge in [-0.15, -0.1) is 0 Å². The van der Waals surface area contributed by atoms with E-state index in [-0.39, 0.29) is 13.0 Å². The minimum atomic E-state index is -4.47. The Kier molecular flexibility index (Phi) is 13.2. The summed E-state index contributed by atoms with van der Waals surface area (Å²) in [6.07, 6.45) is -1.18. The minimum absolute atomic E-state index is 0.0366.